The van der Waals surface area contributed by atoms with Gasteiger partial charge in [0.05, 0.1) is 30.5 Å². The molecular weight excluding hydrogens is 371 g/mol. The Hall–Kier alpha value is -0.990. The van der Waals surface area contributed by atoms with Crippen molar-refractivity contribution in [3.63, 3.8) is 0 Å². The van der Waals surface area contributed by atoms with Crippen LogP contribution in [-0.2, 0) is 10.0 Å². The van der Waals surface area contributed by atoms with Crippen LogP contribution in [0.2, 0.25) is 4.34 Å². The molecule has 2 heterocycles. The van der Waals surface area contributed by atoms with E-state index in [1.807, 2.05) is 0 Å². The Morgan fingerprint density at radius 2 is 1.79 bits per heavy atom. The van der Waals surface area contributed by atoms with Gasteiger partial charge in [-0.1, -0.05) is 23.7 Å². The summed E-state index contributed by atoms with van der Waals surface area (Å²) in [5, 5.41) is 0. The van der Waals surface area contributed by atoms with E-state index < -0.39 is 10.0 Å². The molecule has 1 aromatic carbocycles. The lowest BCUT2D eigenvalue weighted by atomic mass is 10.1. The molecule has 0 unspecified atom stereocenters. The molecule has 2 aromatic rings. The van der Waals surface area contributed by atoms with Gasteiger partial charge < -0.3 is 4.90 Å². The van der Waals surface area contributed by atoms with Crippen molar-refractivity contribution in [1.29, 1.82) is 0 Å². The van der Waals surface area contributed by atoms with Gasteiger partial charge in [0.15, 0.2) is 0 Å². The SMILES string of the molecule is C[C@@H](c1ccc(F)cc1)[NH+]1CCN(S(=O)(=O)c2ccc(Cl)s2)CC1. The fourth-order valence-corrected chi connectivity index (χ4v) is 6.08. The van der Waals surface area contributed by atoms with Crippen molar-refractivity contribution in [3.05, 3.63) is 52.1 Å². The van der Waals surface area contributed by atoms with Gasteiger partial charge in [0, 0.05) is 5.56 Å². The number of thiophene rings is 1. The van der Waals surface area contributed by atoms with Crippen molar-refractivity contribution < 1.29 is 17.7 Å². The lowest BCUT2D eigenvalue weighted by Crippen LogP contribution is -3.14. The second kappa shape index (κ2) is 7.09. The van der Waals surface area contributed by atoms with E-state index in [0.29, 0.717) is 21.6 Å². The van der Waals surface area contributed by atoms with Crippen LogP contribution >= 0.6 is 22.9 Å². The molecule has 0 spiro atoms. The second-order valence-corrected chi connectivity index (χ2v) is 9.77. The van der Waals surface area contributed by atoms with Crippen molar-refractivity contribution in [3.8, 4) is 0 Å². The molecule has 1 saturated heterocycles. The van der Waals surface area contributed by atoms with Crippen molar-refractivity contribution in [2.24, 2.45) is 0 Å². The first-order valence-electron chi connectivity index (χ1n) is 7.73. The van der Waals surface area contributed by atoms with Crippen LogP contribution in [0, 0.1) is 5.82 Å². The number of rotatable bonds is 4. The summed E-state index contributed by atoms with van der Waals surface area (Å²) in [5.41, 5.74) is 1.06. The monoisotopic (exact) mass is 389 g/mol. The van der Waals surface area contributed by atoms with Crippen LogP contribution in [0.5, 0.6) is 0 Å². The minimum absolute atomic E-state index is 0.201. The Morgan fingerprint density at radius 3 is 2.33 bits per heavy atom. The smallest absolute Gasteiger partial charge is 0.253 e. The number of piperazine rings is 1. The van der Waals surface area contributed by atoms with Crippen molar-refractivity contribution in [2.75, 3.05) is 26.2 Å². The average Bonchev–Trinajstić information content (AvgIpc) is 3.02. The first-order chi connectivity index (χ1) is 11.4. The predicted molar refractivity (Wildman–Crippen MR) is 93.6 cm³/mol. The molecule has 1 fully saturated rings. The third-order valence-electron chi connectivity index (χ3n) is 4.49. The van der Waals surface area contributed by atoms with E-state index in [9.17, 15) is 12.8 Å². The van der Waals surface area contributed by atoms with Crippen LogP contribution in [-0.4, -0.2) is 38.9 Å². The van der Waals surface area contributed by atoms with Crippen molar-refractivity contribution in [2.45, 2.75) is 17.2 Å². The van der Waals surface area contributed by atoms with E-state index in [2.05, 4.69) is 6.92 Å². The first kappa shape index (κ1) is 17.8. The zero-order chi connectivity index (χ0) is 17.3. The molecule has 0 amide bonds. The van der Waals surface area contributed by atoms with Crippen LogP contribution in [0.4, 0.5) is 4.39 Å². The van der Waals surface area contributed by atoms with E-state index >= 15 is 0 Å². The van der Waals surface area contributed by atoms with Gasteiger partial charge in [0.2, 0.25) is 0 Å². The van der Waals surface area contributed by atoms with Crippen molar-refractivity contribution in [1.82, 2.24) is 4.31 Å². The molecule has 3 rings (SSSR count). The lowest BCUT2D eigenvalue weighted by molar-refractivity contribution is -0.933. The minimum Gasteiger partial charge on any atom is -0.327 e. The number of halogens is 2. The highest BCUT2D eigenvalue weighted by molar-refractivity contribution is 7.91. The van der Waals surface area contributed by atoms with Gasteiger partial charge in [0.25, 0.3) is 10.0 Å². The van der Waals surface area contributed by atoms with Crippen LogP contribution in [0.1, 0.15) is 18.5 Å². The number of hydrogen-bond acceptors (Lipinski definition) is 3. The summed E-state index contributed by atoms with van der Waals surface area (Å²) < 4.78 is 40.6. The van der Waals surface area contributed by atoms with E-state index in [1.165, 1.54) is 21.3 Å². The fraction of sp³-hybridized carbons (Fsp3) is 0.375. The quantitative estimate of drug-likeness (QED) is 0.871. The number of sulfonamides is 1. The molecule has 0 bridgehead atoms. The van der Waals surface area contributed by atoms with Gasteiger partial charge in [-0.25, -0.2) is 12.8 Å². The highest BCUT2D eigenvalue weighted by atomic mass is 35.5. The number of quaternary nitrogens is 1. The Kier molecular flexibility index (Phi) is 5.27. The Bertz CT molecular complexity index is 800. The third kappa shape index (κ3) is 3.65. The maximum Gasteiger partial charge on any atom is 0.253 e. The van der Waals surface area contributed by atoms with E-state index in [1.54, 1.807) is 24.3 Å². The van der Waals surface area contributed by atoms with Crippen LogP contribution in [0.3, 0.4) is 0 Å². The van der Waals surface area contributed by atoms with E-state index in [-0.39, 0.29) is 11.9 Å². The van der Waals surface area contributed by atoms with Gasteiger partial charge in [-0.05, 0) is 31.2 Å². The minimum atomic E-state index is -3.46. The average molecular weight is 390 g/mol. The zero-order valence-corrected chi connectivity index (χ0v) is 15.6. The number of benzene rings is 1. The molecule has 0 radical (unpaired) electrons. The normalized spacial score (nSPS) is 18.6. The molecule has 0 aliphatic carbocycles. The van der Waals surface area contributed by atoms with E-state index in [4.69, 9.17) is 11.6 Å². The first-order valence-corrected chi connectivity index (χ1v) is 10.4. The summed E-state index contributed by atoms with van der Waals surface area (Å²) in [7, 11) is -3.46. The van der Waals surface area contributed by atoms with Gasteiger partial charge in [0.1, 0.15) is 16.1 Å². The van der Waals surface area contributed by atoms with Crippen LogP contribution in [0.15, 0.2) is 40.6 Å². The maximum atomic E-state index is 13.0. The summed E-state index contributed by atoms with van der Waals surface area (Å²) in [6.45, 7) is 4.47. The Balaban J connectivity index is 1.66. The summed E-state index contributed by atoms with van der Waals surface area (Å²) in [5.74, 6) is -0.244. The Morgan fingerprint density at radius 1 is 1.17 bits per heavy atom. The predicted octanol–water partition coefficient (Wildman–Crippen LogP) is 2.19. The highest BCUT2D eigenvalue weighted by Gasteiger charge is 2.33. The third-order valence-corrected chi connectivity index (χ3v) is 8.09. The molecule has 130 valence electrons. The molecule has 1 N–H and O–H groups in total. The summed E-state index contributed by atoms with van der Waals surface area (Å²) in [6.07, 6.45) is 0. The topological polar surface area (TPSA) is 41.8 Å². The van der Waals surface area contributed by atoms with Crippen molar-refractivity contribution >= 4 is 33.0 Å². The maximum absolute atomic E-state index is 13.0. The molecule has 24 heavy (non-hydrogen) atoms. The number of hydrogen-bond donors (Lipinski definition) is 1. The molecule has 4 nitrogen and oxygen atoms in total. The molecule has 1 atom stereocenters. The number of nitrogens with one attached hydrogen (secondary N) is 1. The molecule has 1 aliphatic heterocycles. The lowest BCUT2D eigenvalue weighted by Gasteiger charge is -2.34. The zero-order valence-electron chi connectivity index (χ0n) is 13.2. The number of nitrogens with zero attached hydrogens (tertiary/aromatic N) is 1. The van der Waals surface area contributed by atoms with Gasteiger partial charge in [-0.2, -0.15) is 4.31 Å². The van der Waals surface area contributed by atoms with E-state index in [0.717, 1.165) is 30.0 Å². The fourth-order valence-electron chi connectivity index (χ4n) is 3.00. The van der Waals surface area contributed by atoms with Gasteiger partial charge >= 0.3 is 0 Å². The molecule has 8 heteroatoms. The largest absolute Gasteiger partial charge is 0.327 e. The summed E-state index contributed by atoms with van der Waals surface area (Å²) in [4.78, 5) is 1.30. The Labute approximate surface area is 150 Å². The summed E-state index contributed by atoms with van der Waals surface area (Å²) >= 11 is 6.94. The molecular formula is C16H19ClFN2O2S2+. The van der Waals surface area contributed by atoms with Crippen LogP contribution < -0.4 is 4.90 Å². The molecule has 0 saturated carbocycles. The van der Waals surface area contributed by atoms with Gasteiger partial charge in [-0.15, -0.1) is 11.3 Å². The molecule has 1 aromatic heterocycles. The van der Waals surface area contributed by atoms with Crippen LogP contribution in [0.25, 0.3) is 0 Å². The summed E-state index contributed by atoms with van der Waals surface area (Å²) in [6, 6.07) is 9.89. The molecule has 1 aliphatic rings. The standard InChI is InChI=1S/C16H18ClFN2O2S2/c1-12(13-2-4-14(18)5-3-13)19-8-10-20(11-9-19)24(21,22)16-7-6-15(17)23-16/h2-7,12H,8-11H2,1H3/p+1/t12-/m0/s1. The van der Waals surface area contributed by atoms with Gasteiger partial charge in [-0.3, -0.25) is 0 Å². The highest BCUT2D eigenvalue weighted by Crippen LogP contribution is 2.28. The second-order valence-electron chi connectivity index (χ2n) is 5.89.